The second-order valence-electron chi connectivity index (χ2n) is 5.27. The van der Waals surface area contributed by atoms with Gasteiger partial charge in [0.05, 0.1) is 18.3 Å². The molecule has 4 nitrogen and oxygen atoms in total. The maximum Gasteiger partial charge on any atom is 0.228 e. The molecule has 6 heteroatoms. The van der Waals surface area contributed by atoms with Crippen LogP contribution in [0.4, 0.5) is 5.69 Å². The molecule has 0 spiro atoms. The van der Waals surface area contributed by atoms with Crippen LogP contribution in [0, 0.1) is 0 Å². The van der Waals surface area contributed by atoms with E-state index in [1.54, 1.807) is 22.7 Å². The van der Waals surface area contributed by atoms with Gasteiger partial charge in [0.25, 0.3) is 0 Å². The number of carbonyl (C=O) groups excluding carboxylic acids is 1. The molecule has 20 heavy (non-hydrogen) atoms. The van der Waals surface area contributed by atoms with E-state index in [1.807, 2.05) is 21.9 Å². The fraction of sp³-hybridized carbons (Fsp3) is 0.429. The number of likely N-dealkylation sites (tertiary alicyclic amines) is 1. The van der Waals surface area contributed by atoms with Gasteiger partial charge in [-0.3, -0.25) is 9.69 Å². The summed E-state index contributed by atoms with van der Waals surface area (Å²) in [5.41, 5.74) is 1.07. The highest BCUT2D eigenvalue weighted by atomic mass is 32.1. The summed E-state index contributed by atoms with van der Waals surface area (Å²) in [6.07, 6.45) is 3.56. The predicted octanol–water partition coefficient (Wildman–Crippen LogP) is 2.58. The van der Waals surface area contributed by atoms with Crippen molar-refractivity contribution in [3.63, 3.8) is 0 Å². The van der Waals surface area contributed by atoms with E-state index >= 15 is 0 Å². The number of thiophene rings is 1. The van der Waals surface area contributed by atoms with Gasteiger partial charge in [-0.05, 0) is 17.9 Å². The standard InChI is InChI=1S/C14H15N3OS2/c18-14-7-12-11(17(14)10-2-5-19-9-10)1-4-16(12)8-13-15-3-6-20-13/h2-3,5-6,9,11-12H,1,4,7-8H2/t11-,12+/m0/s1. The van der Waals surface area contributed by atoms with Crippen LogP contribution in [-0.2, 0) is 11.3 Å². The van der Waals surface area contributed by atoms with Crippen molar-refractivity contribution >= 4 is 34.3 Å². The summed E-state index contributed by atoms with van der Waals surface area (Å²) in [5.74, 6) is 0.266. The van der Waals surface area contributed by atoms with E-state index in [1.165, 1.54) is 0 Å². The molecule has 0 unspecified atom stereocenters. The smallest absolute Gasteiger partial charge is 0.228 e. The van der Waals surface area contributed by atoms with Gasteiger partial charge >= 0.3 is 0 Å². The molecule has 4 heterocycles. The van der Waals surface area contributed by atoms with Gasteiger partial charge in [-0.1, -0.05) is 0 Å². The fourth-order valence-electron chi connectivity index (χ4n) is 3.36. The highest BCUT2D eigenvalue weighted by Gasteiger charge is 2.47. The highest BCUT2D eigenvalue weighted by Crippen LogP contribution is 2.37. The first kappa shape index (κ1) is 12.5. The van der Waals surface area contributed by atoms with E-state index in [-0.39, 0.29) is 5.91 Å². The maximum absolute atomic E-state index is 12.3. The molecule has 2 fully saturated rings. The number of hydrogen-bond donors (Lipinski definition) is 0. The Bertz CT molecular complexity index is 596. The first-order valence-corrected chi connectivity index (χ1v) is 8.62. The van der Waals surface area contributed by atoms with E-state index in [0.717, 1.165) is 30.2 Å². The van der Waals surface area contributed by atoms with Crippen molar-refractivity contribution in [2.75, 3.05) is 11.4 Å². The molecular formula is C14H15N3OS2. The first-order valence-electron chi connectivity index (χ1n) is 6.79. The van der Waals surface area contributed by atoms with Gasteiger partial charge in [0.15, 0.2) is 0 Å². The van der Waals surface area contributed by atoms with E-state index in [4.69, 9.17) is 0 Å². The number of fused-ring (bicyclic) bond motifs is 1. The topological polar surface area (TPSA) is 36.4 Å². The third-order valence-corrected chi connectivity index (χ3v) is 5.65. The molecule has 2 aromatic heterocycles. The van der Waals surface area contributed by atoms with Crippen molar-refractivity contribution < 1.29 is 4.79 Å². The molecule has 0 N–H and O–H groups in total. The summed E-state index contributed by atoms with van der Waals surface area (Å²) >= 11 is 3.35. The summed E-state index contributed by atoms with van der Waals surface area (Å²) in [7, 11) is 0. The van der Waals surface area contributed by atoms with E-state index in [2.05, 4.69) is 21.3 Å². The Labute approximate surface area is 125 Å². The van der Waals surface area contributed by atoms with Crippen molar-refractivity contribution in [2.24, 2.45) is 0 Å². The zero-order valence-electron chi connectivity index (χ0n) is 10.9. The van der Waals surface area contributed by atoms with Gasteiger partial charge in [0.1, 0.15) is 5.01 Å². The third kappa shape index (κ3) is 1.99. The molecule has 0 bridgehead atoms. The van der Waals surface area contributed by atoms with Gasteiger partial charge in [-0.2, -0.15) is 11.3 Å². The van der Waals surface area contributed by atoms with E-state index in [0.29, 0.717) is 18.5 Å². The zero-order valence-corrected chi connectivity index (χ0v) is 12.6. The Morgan fingerprint density at radius 2 is 2.30 bits per heavy atom. The minimum absolute atomic E-state index is 0.266. The van der Waals surface area contributed by atoms with Crippen LogP contribution in [0.2, 0.25) is 0 Å². The predicted molar refractivity (Wildman–Crippen MR) is 81.1 cm³/mol. The lowest BCUT2D eigenvalue weighted by Gasteiger charge is -2.24. The number of anilines is 1. The summed E-state index contributed by atoms with van der Waals surface area (Å²) in [4.78, 5) is 21.1. The van der Waals surface area contributed by atoms with E-state index < -0.39 is 0 Å². The molecule has 104 valence electrons. The number of carbonyl (C=O) groups is 1. The van der Waals surface area contributed by atoms with Gasteiger partial charge in [-0.25, -0.2) is 4.98 Å². The molecule has 2 aromatic rings. The molecule has 2 aliphatic heterocycles. The number of aromatic nitrogens is 1. The minimum Gasteiger partial charge on any atom is -0.307 e. The number of nitrogens with zero attached hydrogens (tertiary/aromatic N) is 3. The van der Waals surface area contributed by atoms with Crippen molar-refractivity contribution in [1.29, 1.82) is 0 Å². The molecular weight excluding hydrogens is 290 g/mol. The Morgan fingerprint density at radius 3 is 3.05 bits per heavy atom. The summed E-state index contributed by atoms with van der Waals surface area (Å²) in [6.45, 7) is 1.94. The fourth-order valence-corrected chi connectivity index (χ4v) is 4.63. The lowest BCUT2D eigenvalue weighted by Crippen LogP contribution is -2.36. The Hall–Kier alpha value is -1.24. The molecule has 2 saturated heterocycles. The lowest BCUT2D eigenvalue weighted by atomic mass is 10.1. The van der Waals surface area contributed by atoms with Gasteiger partial charge in [0, 0.05) is 36.0 Å². The van der Waals surface area contributed by atoms with Crippen LogP contribution in [-0.4, -0.2) is 34.4 Å². The SMILES string of the molecule is O=C1C[C@@H]2[C@H](CCN2Cc2nccs2)N1c1ccsc1. The second-order valence-corrected chi connectivity index (χ2v) is 7.03. The van der Waals surface area contributed by atoms with Crippen molar-refractivity contribution in [1.82, 2.24) is 9.88 Å². The summed E-state index contributed by atoms with van der Waals surface area (Å²) < 4.78 is 0. The van der Waals surface area contributed by atoms with Crippen LogP contribution in [0.1, 0.15) is 17.8 Å². The number of rotatable bonds is 3. The van der Waals surface area contributed by atoms with Crippen LogP contribution in [0.15, 0.2) is 28.4 Å². The average Bonchev–Trinajstić information content (AvgIpc) is 3.16. The number of amides is 1. The molecule has 0 aliphatic carbocycles. The number of hydrogen-bond acceptors (Lipinski definition) is 5. The minimum atomic E-state index is 0.266. The van der Waals surface area contributed by atoms with Crippen molar-refractivity contribution in [3.8, 4) is 0 Å². The van der Waals surface area contributed by atoms with Crippen molar-refractivity contribution in [2.45, 2.75) is 31.5 Å². The lowest BCUT2D eigenvalue weighted by molar-refractivity contribution is -0.117. The molecule has 0 saturated carbocycles. The highest BCUT2D eigenvalue weighted by molar-refractivity contribution is 7.09. The molecule has 1 amide bonds. The van der Waals surface area contributed by atoms with Crippen molar-refractivity contribution in [3.05, 3.63) is 33.4 Å². The zero-order chi connectivity index (χ0) is 13.5. The Balaban J connectivity index is 1.55. The molecule has 0 aromatic carbocycles. The quantitative estimate of drug-likeness (QED) is 0.874. The molecule has 0 radical (unpaired) electrons. The normalized spacial score (nSPS) is 26.4. The maximum atomic E-state index is 12.3. The summed E-state index contributed by atoms with van der Waals surface area (Å²) in [6, 6.07) is 2.75. The van der Waals surface area contributed by atoms with Crippen LogP contribution in [0.5, 0.6) is 0 Å². The largest absolute Gasteiger partial charge is 0.307 e. The van der Waals surface area contributed by atoms with Crippen LogP contribution in [0.25, 0.3) is 0 Å². The van der Waals surface area contributed by atoms with Gasteiger partial charge in [-0.15, -0.1) is 11.3 Å². The first-order chi connectivity index (χ1) is 9.83. The van der Waals surface area contributed by atoms with Crippen LogP contribution in [0.3, 0.4) is 0 Å². The Kier molecular flexibility index (Phi) is 3.09. The third-order valence-electron chi connectivity index (χ3n) is 4.22. The van der Waals surface area contributed by atoms with Crippen LogP contribution < -0.4 is 4.90 Å². The summed E-state index contributed by atoms with van der Waals surface area (Å²) in [5, 5.41) is 7.27. The van der Waals surface area contributed by atoms with Gasteiger partial charge in [0.2, 0.25) is 5.91 Å². The van der Waals surface area contributed by atoms with Gasteiger partial charge < -0.3 is 4.90 Å². The number of thiazole rings is 1. The monoisotopic (exact) mass is 305 g/mol. The average molecular weight is 305 g/mol. The molecule has 2 atom stereocenters. The second kappa shape index (κ2) is 4.95. The molecule has 2 aliphatic rings. The van der Waals surface area contributed by atoms with E-state index in [9.17, 15) is 4.79 Å². The Morgan fingerprint density at radius 1 is 1.35 bits per heavy atom. The van der Waals surface area contributed by atoms with Crippen LogP contribution >= 0.6 is 22.7 Å². The molecule has 4 rings (SSSR count).